The Morgan fingerprint density at radius 3 is 2.38 bits per heavy atom. The zero-order chi connectivity index (χ0) is 27.0. The van der Waals surface area contributed by atoms with Crippen LogP contribution in [0.15, 0.2) is 30.3 Å². The second kappa shape index (κ2) is 8.54. The molecule has 3 aliphatic carbocycles. The maximum absolute atomic E-state index is 13.8. The summed E-state index contributed by atoms with van der Waals surface area (Å²) in [6.45, 7) is 0. The number of nitrogens with zero attached hydrogens (tertiary/aromatic N) is 2. The first kappa shape index (κ1) is 25.2. The molecule has 10 nitrogen and oxygen atoms in total. The number of amides is 1. The minimum Gasteiger partial charge on any atom is -0.505 e. The van der Waals surface area contributed by atoms with E-state index in [1.54, 1.807) is 30.3 Å². The zero-order valence-corrected chi connectivity index (χ0v) is 20.7. The summed E-state index contributed by atoms with van der Waals surface area (Å²) in [5, 5.41) is 22.7. The highest BCUT2D eigenvalue weighted by Gasteiger charge is 2.69. The Hall–Kier alpha value is -3.47. The van der Waals surface area contributed by atoms with Crippen molar-refractivity contribution in [2.75, 3.05) is 14.1 Å². The molecule has 1 heterocycles. The van der Waals surface area contributed by atoms with Crippen LogP contribution in [0.4, 0.5) is 0 Å². The Balaban J connectivity index is 1.66. The third-order valence-electron chi connectivity index (χ3n) is 7.92. The van der Waals surface area contributed by atoms with Crippen LogP contribution in [0, 0.1) is 23.7 Å². The molecule has 0 aliphatic heterocycles. The van der Waals surface area contributed by atoms with Crippen molar-refractivity contribution in [1.29, 1.82) is 0 Å². The second-order valence-electron chi connectivity index (χ2n) is 10.1. The van der Waals surface area contributed by atoms with Crippen molar-refractivity contribution in [3.8, 4) is 17.0 Å². The molecule has 3 aliphatic rings. The van der Waals surface area contributed by atoms with Gasteiger partial charge in [-0.15, -0.1) is 0 Å². The summed E-state index contributed by atoms with van der Waals surface area (Å²) in [7, 11) is 3.05. The summed E-state index contributed by atoms with van der Waals surface area (Å²) in [6, 6.07) is 7.37. The first-order valence-corrected chi connectivity index (χ1v) is 12.1. The lowest BCUT2D eigenvalue weighted by atomic mass is 9.52. The minimum absolute atomic E-state index is 0.0134. The predicted molar refractivity (Wildman–Crippen MR) is 130 cm³/mol. The van der Waals surface area contributed by atoms with Crippen molar-refractivity contribution >= 4 is 40.6 Å². The lowest BCUT2D eigenvalue weighted by molar-refractivity contribution is -0.181. The van der Waals surface area contributed by atoms with Crippen LogP contribution >= 0.6 is 11.6 Å². The number of carbonyl (C=O) groups is 5. The van der Waals surface area contributed by atoms with E-state index in [2.05, 4.69) is 4.98 Å². The molecule has 37 heavy (non-hydrogen) atoms. The average Bonchev–Trinajstić information content (AvgIpc) is 2.83. The Bertz CT molecular complexity index is 1390. The number of ketones is 4. The molecule has 192 valence electrons. The molecule has 1 amide bonds. The molecule has 0 spiro atoms. The van der Waals surface area contributed by atoms with Gasteiger partial charge in [0, 0.05) is 17.0 Å². The Kier molecular flexibility index (Phi) is 5.82. The molecule has 2 fully saturated rings. The van der Waals surface area contributed by atoms with E-state index in [1.165, 1.54) is 19.0 Å². The standard InChI is InChI=1S/C26H24ClN3O7/c1-30(2)18-13-9-11-8-12-15(20(32)17(29-24(12)27)10-6-4-3-5-7-10)19(31)14(11)22(34)26(13,37)23(35)16(21(18)33)25(28)36/h3-7,11,13-14,16,18,32,37H,8-9H2,1-2H3,(H2,28,36)/t11-,13-,14?,16?,18-,26-/m0/s1. The van der Waals surface area contributed by atoms with E-state index in [0.29, 0.717) is 5.56 Å². The number of benzene rings is 1. The van der Waals surface area contributed by atoms with Gasteiger partial charge in [0.1, 0.15) is 10.8 Å². The summed E-state index contributed by atoms with van der Waals surface area (Å²) in [6.07, 6.45) is 0.00171. The molecule has 0 saturated heterocycles. The van der Waals surface area contributed by atoms with Gasteiger partial charge in [-0.3, -0.25) is 28.9 Å². The number of halogens is 1. The van der Waals surface area contributed by atoms with Crippen LogP contribution in [0.3, 0.4) is 0 Å². The van der Waals surface area contributed by atoms with Gasteiger partial charge >= 0.3 is 0 Å². The number of nitrogens with two attached hydrogens (primary N) is 1. The topological polar surface area (TPSA) is 168 Å². The predicted octanol–water partition coefficient (Wildman–Crippen LogP) is 0.582. The summed E-state index contributed by atoms with van der Waals surface area (Å²) in [5.74, 6) is -11.2. The highest BCUT2D eigenvalue weighted by molar-refractivity contribution is 6.34. The van der Waals surface area contributed by atoms with Crippen molar-refractivity contribution in [2.24, 2.45) is 29.4 Å². The number of rotatable bonds is 3. The van der Waals surface area contributed by atoms with Gasteiger partial charge in [0.15, 0.2) is 40.4 Å². The first-order valence-electron chi connectivity index (χ1n) is 11.7. The van der Waals surface area contributed by atoms with Gasteiger partial charge in [-0.1, -0.05) is 41.9 Å². The smallest absolute Gasteiger partial charge is 0.235 e. The monoisotopic (exact) mass is 525 g/mol. The van der Waals surface area contributed by atoms with Gasteiger partial charge in [0.25, 0.3) is 0 Å². The molecule has 1 aromatic heterocycles. The third kappa shape index (κ3) is 3.39. The van der Waals surface area contributed by atoms with Crippen LogP contribution in [-0.2, 0) is 25.6 Å². The van der Waals surface area contributed by atoms with Crippen molar-refractivity contribution in [2.45, 2.75) is 24.5 Å². The van der Waals surface area contributed by atoms with Crippen LogP contribution in [0.1, 0.15) is 22.3 Å². The number of aromatic nitrogens is 1. The van der Waals surface area contributed by atoms with Gasteiger partial charge in [0.2, 0.25) is 5.91 Å². The number of primary amides is 1. The van der Waals surface area contributed by atoms with Crippen molar-refractivity contribution in [1.82, 2.24) is 9.88 Å². The molecule has 2 aromatic rings. The molecule has 2 unspecified atom stereocenters. The van der Waals surface area contributed by atoms with E-state index in [9.17, 15) is 34.2 Å². The lowest BCUT2D eigenvalue weighted by Crippen LogP contribution is -2.74. The van der Waals surface area contributed by atoms with Crippen LogP contribution in [-0.4, -0.2) is 74.9 Å². The summed E-state index contributed by atoms with van der Waals surface area (Å²) in [5.41, 5.74) is 3.17. The maximum Gasteiger partial charge on any atom is 0.235 e. The SMILES string of the molecule is CN(C)[C@@H]1C(=O)C(C(N)=O)C(=O)[C@@]2(O)C(=O)C3C(=O)c4c(O)c(-c5ccccc5)nc(Cl)c4C[C@H]3C[C@@H]12. The van der Waals surface area contributed by atoms with Gasteiger partial charge in [-0.05, 0) is 32.9 Å². The fourth-order valence-corrected chi connectivity index (χ4v) is 6.57. The first-order chi connectivity index (χ1) is 17.4. The van der Waals surface area contributed by atoms with Gasteiger partial charge in [0.05, 0.1) is 17.5 Å². The van der Waals surface area contributed by atoms with Crippen LogP contribution in [0.2, 0.25) is 5.15 Å². The normalized spacial score (nSPS) is 31.1. The Labute approximate surface area is 216 Å². The van der Waals surface area contributed by atoms with Crippen molar-refractivity contribution < 1.29 is 34.2 Å². The molecule has 6 atom stereocenters. The van der Waals surface area contributed by atoms with Crippen molar-refractivity contribution in [3.63, 3.8) is 0 Å². The molecular weight excluding hydrogens is 502 g/mol. The van der Waals surface area contributed by atoms with Gasteiger partial charge in [-0.25, -0.2) is 4.98 Å². The summed E-state index contributed by atoms with van der Waals surface area (Å²) in [4.78, 5) is 71.8. The maximum atomic E-state index is 13.8. The number of Topliss-reactive ketones (excluding diaryl/α,β-unsaturated/α-hetero) is 4. The number of hydrogen-bond donors (Lipinski definition) is 3. The third-order valence-corrected chi connectivity index (χ3v) is 8.24. The Morgan fingerprint density at radius 1 is 1.14 bits per heavy atom. The highest BCUT2D eigenvalue weighted by atomic mass is 35.5. The number of aromatic hydroxyl groups is 1. The minimum atomic E-state index is -2.77. The largest absolute Gasteiger partial charge is 0.505 e. The number of carbonyl (C=O) groups excluding carboxylic acids is 5. The highest BCUT2D eigenvalue weighted by Crippen LogP contribution is 2.52. The van der Waals surface area contributed by atoms with E-state index in [-0.39, 0.29) is 34.8 Å². The number of aliphatic hydroxyl groups is 1. The fraction of sp³-hybridized carbons (Fsp3) is 0.385. The van der Waals surface area contributed by atoms with E-state index in [4.69, 9.17) is 17.3 Å². The molecule has 11 heteroatoms. The lowest BCUT2D eigenvalue weighted by Gasteiger charge is -2.52. The van der Waals surface area contributed by atoms with E-state index in [0.717, 1.165) is 0 Å². The molecule has 0 bridgehead atoms. The number of pyridine rings is 1. The number of likely N-dealkylation sites (N-methyl/N-ethyl adjacent to an activating group) is 1. The number of fused-ring (bicyclic) bond motifs is 3. The summed E-state index contributed by atoms with van der Waals surface area (Å²) >= 11 is 6.47. The van der Waals surface area contributed by atoms with E-state index in [1.807, 2.05) is 0 Å². The van der Waals surface area contributed by atoms with Crippen LogP contribution in [0.25, 0.3) is 11.3 Å². The molecule has 2 saturated carbocycles. The molecule has 0 radical (unpaired) electrons. The summed E-state index contributed by atoms with van der Waals surface area (Å²) < 4.78 is 0. The van der Waals surface area contributed by atoms with E-state index >= 15 is 0 Å². The molecule has 4 N–H and O–H groups in total. The van der Waals surface area contributed by atoms with Crippen LogP contribution < -0.4 is 5.73 Å². The number of hydrogen-bond acceptors (Lipinski definition) is 9. The quantitative estimate of drug-likeness (QED) is 0.383. The Morgan fingerprint density at radius 2 is 1.78 bits per heavy atom. The molecule has 5 rings (SSSR count). The van der Waals surface area contributed by atoms with Gasteiger partial charge in [-0.2, -0.15) is 0 Å². The zero-order valence-electron chi connectivity index (χ0n) is 20.0. The van der Waals surface area contributed by atoms with Crippen molar-refractivity contribution in [3.05, 3.63) is 46.6 Å². The molecule has 1 aromatic carbocycles. The molecular formula is C26H24ClN3O7. The fourth-order valence-electron chi connectivity index (χ4n) is 6.31. The van der Waals surface area contributed by atoms with E-state index < -0.39 is 70.1 Å². The van der Waals surface area contributed by atoms with Gasteiger partial charge < -0.3 is 15.9 Å². The van der Waals surface area contributed by atoms with Crippen LogP contribution in [0.5, 0.6) is 5.75 Å². The second-order valence-corrected chi connectivity index (χ2v) is 10.5. The average molecular weight is 526 g/mol.